The van der Waals surface area contributed by atoms with E-state index in [2.05, 4.69) is 5.32 Å². The smallest absolute Gasteiger partial charge is 0.317 e. The van der Waals surface area contributed by atoms with Crippen LogP contribution in [0.1, 0.15) is 43.7 Å². The minimum Gasteiger partial charge on any atom is -0.340 e. The van der Waals surface area contributed by atoms with Crippen molar-refractivity contribution in [3.8, 4) is 0 Å². The summed E-state index contributed by atoms with van der Waals surface area (Å²) in [5.41, 5.74) is 1.04. The molecule has 1 saturated carbocycles. The number of carbonyl (C=O) groups is 2. The molecular weight excluding hydrogens is 290 g/mol. The highest BCUT2D eigenvalue weighted by atomic mass is 16.2. The van der Waals surface area contributed by atoms with Crippen LogP contribution in [0.4, 0.5) is 4.79 Å². The van der Waals surface area contributed by atoms with Crippen LogP contribution in [0.3, 0.4) is 0 Å². The Hall–Kier alpha value is -2.04. The van der Waals surface area contributed by atoms with Gasteiger partial charge in [-0.15, -0.1) is 0 Å². The van der Waals surface area contributed by atoms with E-state index in [0.717, 1.165) is 31.4 Å². The Balaban J connectivity index is 1.69. The molecule has 0 unspecified atom stereocenters. The molecule has 3 rings (SSSR count). The van der Waals surface area contributed by atoms with Gasteiger partial charge in [0.05, 0.1) is 6.04 Å². The summed E-state index contributed by atoms with van der Waals surface area (Å²) in [6, 6.07) is 10.1. The molecule has 1 aliphatic carbocycles. The average molecular weight is 315 g/mol. The van der Waals surface area contributed by atoms with Crippen molar-refractivity contribution < 1.29 is 9.59 Å². The fraction of sp³-hybridized carbons (Fsp3) is 0.556. The van der Waals surface area contributed by atoms with Crippen molar-refractivity contribution in [1.82, 2.24) is 15.1 Å². The molecular formula is C18H25N3O2. The lowest BCUT2D eigenvalue weighted by atomic mass is 9.92. The van der Waals surface area contributed by atoms with Gasteiger partial charge in [-0.1, -0.05) is 30.3 Å². The van der Waals surface area contributed by atoms with Crippen LogP contribution in [0.15, 0.2) is 30.3 Å². The van der Waals surface area contributed by atoms with Crippen molar-refractivity contribution in [2.45, 2.75) is 44.2 Å². The third-order valence-corrected chi connectivity index (χ3v) is 5.02. The summed E-state index contributed by atoms with van der Waals surface area (Å²) in [6.07, 6.45) is 4.91. The molecule has 1 N–H and O–H groups in total. The summed E-state index contributed by atoms with van der Waals surface area (Å²) in [4.78, 5) is 28.1. The number of carbonyl (C=O) groups excluding carboxylic acids is 2. The molecule has 23 heavy (non-hydrogen) atoms. The first kappa shape index (κ1) is 15.8. The Labute approximate surface area is 137 Å². The van der Waals surface area contributed by atoms with Gasteiger partial charge in [0, 0.05) is 32.6 Å². The van der Waals surface area contributed by atoms with Crippen LogP contribution in [-0.4, -0.2) is 47.9 Å². The maximum absolute atomic E-state index is 12.5. The molecule has 5 nitrogen and oxygen atoms in total. The van der Waals surface area contributed by atoms with Crippen molar-refractivity contribution in [3.63, 3.8) is 0 Å². The predicted molar refractivity (Wildman–Crippen MR) is 88.9 cm³/mol. The van der Waals surface area contributed by atoms with Crippen LogP contribution in [0.25, 0.3) is 0 Å². The number of nitrogens with zero attached hydrogens (tertiary/aromatic N) is 2. The summed E-state index contributed by atoms with van der Waals surface area (Å²) in [5.74, 6) is 0.188. The minimum atomic E-state index is -0.159. The van der Waals surface area contributed by atoms with Crippen molar-refractivity contribution >= 4 is 11.9 Å². The van der Waals surface area contributed by atoms with Gasteiger partial charge in [0.2, 0.25) is 5.91 Å². The lowest BCUT2D eigenvalue weighted by molar-refractivity contribution is -0.128. The van der Waals surface area contributed by atoms with Crippen LogP contribution in [0.2, 0.25) is 0 Å². The Kier molecular flexibility index (Phi) is 4.84. The molecule has 1 aliphatic heterocycles. The quantitative estimate of drug-likeness (QED) is 0.908. The number of amides is 3. The summed E-state index contributed by atoms with van der Waals surface area (Å²) < 4.78 is 0. The van der Waals surface area contributed by atoms with Gasteiger partial charge >= 0.3 is 6.03 Å². The van der Waals surface area contributed by atoms with E-state index in [1.165, 1.54) is 6.42 Å². The Morgan fingerprint density at radius 2 is 2.04 bits per heavy atom. The van der Waals surface area contributed by atoms with E-state index in [1.54, 1.807) is 0 Å². The molecule has 0 spiro atoms. The standard InChI is InChI=1S/C18H25N3O2/c1-20(15-9-5-10-15)18(23)19-16(14-7-3-2-4-8-14)13-21-12-6-11-17(21)22/h2-4,7-8,15-16H,5-6,9-13H2,1H3,(H,19,23)/t16-/m1/s1. The SMILES string of the molecule is CN(C(=O)N[C@H](CN1CCCC1=O)c1ccccc1)C1CCC1. The summed E-state index contributed by atoms with van der Waals surface area (Å²) in [5, 5.41) is 3.12. The van der Waals surface area contributed by atoms with Gasteiger partial charge in [0.1, 0.15) is 0 Å². The second kappa shape index (κ2) is 7.02. The monoisotopic (exact) mass is 315 g/mol. The van der Waals surface area contributed by atoms with Crippen LogP contribution in [0.5, 0.6) is 0 Å². The minimum absolute atomic E-state index is 0.0461. The molecule has 0 radical (unpaired) electrons. The van der Waals surface area contributed by atoms with Crippen molar-refractivity contribution in [2.75, 3.05) is 20.1 Å². The van der Waals surface area contributed by atoms with E-state index in [4.69, 9.17) is 0 Å². The highest BCUT2D eigenvalue weighted by Gasteiger charge is 2.29. The molecule has 1 aromatic rings. The number of nitrogens with one attached hydrogen (secondary N) is 1. The predicted octanol–water partition coefficient (Wildman–Crippen LogP) is 2.54. The maximum atomic E-state index is 12.5. The van der Waals surface area contributed by atoms with E-state index in [0.29, 0.717) is 19.0 Å². The second-order valence-corrected chi connectivity index (χ2v) is 6.55. The number of hydrogen-bond acceptors (Lipinski definition) is 2. The highest BCUT2D eigenvalue weighted by molar-refractivity contribution is 5.78. The molecule has 1 atom stereocenters. The molecule has 0 aromatic heterocycles. The molecule has 1 saturated heterocycles. The molecule has 3 amide bonds. The zero-order valence-electron chi connectivity index (χ0n) is 13.7. The van der Waals surface area contributed by atoms with E-state index in [-0.39, 0.29) is 18.0 Å². The average Bonchev–Trinajstić information content (AvgIpc) is 2.91. The third-order valence-electron chi connectivity index (χ3n) is 5.02. The first-order valence-corrected chi connectivity index (χ1v) is 8.51. The number of likely N-dealkylation sites (tertiary alicyclic amines) is 1. The van der Waals surface area contributed by atoms with Crippen LogP contribution in [0, 0.1) is 0 Å². The molecule has 0 bridgehead atoms. The molecule has 1 heterocycles. The molecule has 2 fully saturated rings. The van der Waals surface area contributed by atoms with E-state index < -0.39 is 0 Å². The topological polar surface area (TPSA) is 52.7 Å². The second-order valence-electron chi connectivity index (χ2n) is 6.55. The first-order valence-electron chi connectivity index (χ1n) is 8.51. The molecule has 2 aliphatic rings. The summed E-state index contributed by atoms with van der Waals surface area (Å²) >= 11 is 0. The Bertz CT molecular complexity index is 557. The van der Waals surface area contributed by atoms with Crippen LogP contribution >= 0.6 is 0 Å². The normalized spacial score (nSPS) is 19.3. The van der Waals surface area contributed by atoms with E-state index in [9.17, 15) is 9.59 Å². The van der Waals surface area contributed by atoms with E-state index >= 15 is 0 Å². The zero-order valence-corrected chi connectivity index (χ0v) is 13.7. The Morgan fingerprint density at radius 1 is 1.30 bits per heavy atom. The summed E-state index contributed by atoms with van der Waals surface area (Å²) in [7, 11) is 1.86. The fourth-order valence-electron chi connectivity index (χ4n) is 3.23. The van der Waals surface area contributed by atoms with Crippen LogP contribution in [-0.2, 0) is 4.79 Å². The van der Waals surface area contributed by atoms with Crippen molar-refractivity contribution in [3.05, 3.63) is 35.9 Å². The number of hydrogen-bond donors (Lipinski definition) is 1. The highest BCUT2D eigenvalue weighted by Crippen LogP contribution is 2.24. The van der Waals surface area contributed by atoms with Gasteiger partial charge in [-0.3, -0.25) is 4.79 Å². The lowest BCUT2D eigenvalue weighted by Crippen LogP contribution is -2.49. The number of benzene rings is 1. The third kappa shape index (κ3) is 3.66. The zero-order chi connectivity index (χ0) is 16.2. The molecule has 124 valence electrons. The van der Waals surface area contributed by atoms with Gasteiger partial charge in [-0.25, -0.2) is 4.79 Å². The molecule has 1 aromatic carbocycles. The number of rotatable bonds is 5. The van der Waals surface area contributed by atoms with Gasteiger partial charge < -0.3 is 15.1 Å². The van der Waals surface area contributed by atoms with Crippen molar-refractivity contribution in [2.24, 2.45) is 0 Å². The summed E-state index contributed by atoms with van der Waals surface area (Å²) in [6.45, 7) is 1.34. The first-order chi connectivity index (χ1) is 11.1. The van der Waals surface area contributed by atoms with E-state index in [1.807, 2.05) is 47.2 Å². The van der Waals surface area contributed by atoms with Crippen LogP contribution < -0.4 is 5.32 Å². The van der Waals surface area contributed by atoms with Crippen molar-refractivity contribution in [1.29, 1.82) is 0 Å². The maximum Gasteiger partial charge on any atom is 0.317 e. The number of urea groups is 1. The molecule has 5 heteroatoms. The van der Waals surface area contributed by atoms with Gasteiger partial charge in [-0.05, 0) is 31.2 Å². The Morgan fingerprint density at radius 3 is 2.61 bits per heavy atom. The van der Waals surface area contributed by atoms with Gasteiger partial charge in [-0.2, -0.15) is 0 Å². The largest absolute Gasteiger partial charge is 0.340 e. The fourth-order valence-corrected chi connectivity index (χ4v) is 3.23. The lowest BCUT2D eigenvalue weighted by Gasteiger charge is -2.36. The van der Waals surface area contributed by atoms with Gasteiger partial charge in [0.25, 0.3) is 0 Å². The van der Waals surface area contributed by atoms with Gasteiger partial charge in [0.15, 0.2) is 0 Å².